The van der Waals surface area contributed by atoms with Crippen LogP contribution < -0.4 is 0 Å². The van der Waals surface area contributed by atoms with E-state index in [4.69, 9.17) is 21.3 Å². The van der Waals surface area contributed by atoms with Gasteiger partial charge in [-0.3, -0.25) is 4.90 Å². The van der Waals surface area contributed by atoms with Crippen LogP contribution in [0.3, 0.4) is 0 Å². The van der Waals surface area contributed by atoms with Crippen LogP contribution in [-0.2, 0) is 11.2 Å². The van der Waals surface area contributed by atoms with Crippen LogP contribution in [0.5, 0.6) is 0 Å². The summed E-state index contributed by atoms with van der Waals surface area (Å²) in [6, 6.07) is 8.72. The molecule has 1 atom stereocenters. The Kier molecular flexibility index (Phi) is 4.78. The molecule has 1 aliphatic heterocycles. The molecule has 1 unspecified atom stereocenters. The average molecular weight is 308 g/mol. The number of halogens is 1. The molecule has 0 radical (unpaired) electrons. The molecule has 0 aliphatic carbocycles. The first kappa shape index (κ1) is 14.8. The molecule has 21 heavy (non-hydrogen) atoms. The molecule has 0 spiro atoms. The minimum absolute atomic E-state index is 0.383. The van der Waals surface area contributed by atoms with Gasteiger partial charge in [0, 0.05) is 38.0 Å². The number of hydrogen-bond donors (Lipinski definition) is 0. The number of aromatic nitrogens is 2. The summed E-state index contributed by atoms with van der Waals surface area (Å²) < 4.78 is 7.78. The fourth-order valence-electron chi connectivity index (χ4n) is 3.09. The standard InChI is InChI=1S/C16H22ClN3O/c1-13(12-19-8-10-21-11-9-19)20-15-5-3-2-4-14(15)18-16(20)6-7-17/h2-5,13H,6-12H2,1H3. The van der Waals surface area contributed by atoms with Gasteiger partial charge in [-0.2, -0.15) is 0 Å². The highest BCUT2D eigenvalue weighted by Crippen LogP contribution is 2.22. The van der Waals surface area contributed by atoms with Crippen LogP contribution in [0.4, 0.5) is 0 Å². The van der Waals surface area contributed by atoms with Crippen molar-refractivity contribution in [2.45, 2.75) is 19.4 Å². The minimum Gasteiger partial charge on any atom is -0.379 e. The van der Waals surface area contributed by atoms with Crippen molar-refractivity contribution in [3.63, 3.8) is 0 Å². The van der Waals surface area contributed by atoms with Crippen molar-refractivity contribution in [1.82, 2.24) is 14.5 Å². The maximum Gasteiger partial charge on any atom is 0.111 e. The van der Waals surface area contributed by atoms with E-state index in [1.165, 1.54) is 5.52 Å². The number of benzene rings is 1. The maximum absolute atomic E-state index is 5.95. The van der Waals surface area contributed by atoms with Crippen LogP contribution in [0.2, 0.25) is 0 Å². The highest BCUT2D eigenvalue weighted by molar-refractivity contribution is 6.17. The van der Waals surface area contributed by atoms with E-state index >= 15 is 0 Å². The second-order valence-electron chi connectivity index (χ2n) is 5.59. The van der Waals surface area contributed by atoms with Crippen LogP contribution in [0, 0.1) is 0 Å². The van der Waals surface area contributed by atoms with E-state index in [1.54, 1.807) is 0 Å². The van der Waals surface area contributed by atoms with E-state index in [2.05, 4.69) is 34.6 Å². The quantitative estimate of drug-likeness (QED) is 0.796. The lowest BCUT2D eigenvalue weighted by molar-refractivity contribution is 0.0326. The van der Waals surface area contributed by atoms with Gasteiger partial charge in [-0.05, 0) is 19.1 Å². The molecular formula is C16H22ClN3O. The van der Waals surface area contributed by atoms with Gasteiger partial charge in [-0.1, -0.05) is 12.1 Å². The third kappa shape index (κ3) is 3.23. The monoisotopic (exact) mass is 307 g/mol. The summed E-state index contributed by atoms with van der Waals surface area (Å²) in [6.07, 6.45) is 0.809. The summed E-state index contributed by atoms with van der Waals surface area (Å²) in [7, 11) is 0. The maximum atomic E-state index is 5.95. The summed E-state index contributed by atoms with van der Waals surface area (Å²) in [5.41, 5.74) is 2.27. The number of imidazole rings is 1. The molecule has 1 aliphatic rings. The van der Waals surface area contributed by atoms with Gasteiger partial charge in [0.1, 0.15) is 5.82 Å². The summed E-state index contributed by atoms with van der Waals surface area (Å²) >= 11 is 5.95. The van der Waals surface area contributed by atoms with Crippen molar-refractivity contribution >= 4 is 22.6 Å². The number of aryl methyl sites for hydroxylation is 1. The van der Waals surface area contributed by atoms with Gasteiger partial charge in [0.2, 0.25) is 0 Å². The lowest BCUT2D eigenvalue weighted by Gasteiger charge is -2.30. The molecule has 1 aromatic carbocycles. The van der Waals surface area contributed by atoms with Crippen LogP contribution in [0.25, 0.3) is 11.0 Å². The van der Waals surface area contributed by atoms with Crippen molar-refractivity contribution in [3.05, 3.63) is 30.1 Å². The lowest BCUT2D eigenvalue weighted by Crippen LogP contribution is -2.39. The highest BCUT2D eigenvalue weighted by atomic mass is 35.5. The normalized spacial score (nSPS) is 18.2. The fourth-order valence-corrected chi connectivity index (χ4v) is 3.26. The number of fused-ring (bicyclic) bond motifs is 1. The second-order valence-corrected chi connectivity index (χ2v) is 5.97. The second kappa shape index (κ2) is 6.77. The van der Waals surface area contributed by atoms with Crippen molar-refractivity contribution < 1.29 is 4.74 Å². The molecule has 4 nitrogen and oxygen atoms in total. The molecule has 1 fully saturated rings. The van der Waals surface area contributed by atoms with E-state index < -0.39 is 0 Å². The topological polar surface area (TPSA) is 30.3 Å². The zero-order valence-corrected chi connectivity index (χ0v) is 13.2. The molecule has 0 N–H and O–H groups in total. The van der Waals surface area contributed by atoms with Gasteiger partial charge in [0.15, 0.2) is 0 Å². The van der Waals surface area contributed by atoms with Crippen LogP contribution in [0.1, 0.15) is 18.8 Å². The van der Waals surface area contributed by atoms with Crippen molar-refractivity contribution in [1.29, 1.82) is 0 Å². The van der Waals surface area contributed by atoms with Gasteiger partial charge in [-0.15, -0.1) is 11.6 Å². The van der Waals surface area contributed by atoms with Crippen LogP contribution >= 0.6 is 11.6 Å². The minimum atomic E-state index is 0.383. The van der Waals surface area contributed by atoms with Crippen molar-refractivity contribution in [2.24, 2.45) is 0 Å². The molecule has 114 valence electrons. The zero-order chi connectivity index (χ0) is 14.7. The summed E-state index contributed by atoms with van der Waals surface area (Å²) in [4.78, 5) is 7.22. The first-order chi connectivity index (χ1) is 10.3. The Morgan fingerprint density at radius 3 is 2.81 bits per heavy atom. The molecule has 3 rings (SSSR count). The predicted molar refractivity (Wildman–Crippen MR) is 86.1 cm³/mol. The van der Waals surface area contributed by atoms with Gasteiger partial charge in [0.25, 0.3) is 0 Å². The van der Waals surface area contributed by atoms with E-state index in [0.717, 1.165) is 50.6 Å². The first-order valence-electron chi connectivity index (χ1n) is 7.61. The van der Waals surface area contributed by atoms with Gasteiger partial charge >= 0.3 is 0 Å². The SMILES string of the molecule is CC(CN1CCOCC1)n1c(CCCl)nc2ccccc21. The number of morpholine rings is 1. The van der Waals surface area contributed by atoms with E-state index in [9.17, 15) is 0 Å². The Labute approximate surface area is 130 Å². The van der Waals surface area contributed by atoms with Gasteiger partial charge < -0.3 is 9.30 Å². The lowest BCUT2D eigenvalue weighted by atomic mass is 10.2. The summed E-state index contributed by atoms with van der Waals surface area (Å²) in [5.74, 6) is 1.69. The molecule has 1 saturated heterocycles. The molecular weight excluding hydrogens is 286 g/mol. The number of nitrogens with zero attached hydrogens (tertiary/aromatic N) is 3. The Hall–Kier alpha value is -1.10. The van der Waals surface area contributed by atoms with Crippen molar-refractivity contribution in [2.75, 3.05) is 38.7 Å². The van der Waals surface area contributed by atoms with Gasteiger partial charge in [0.05, 0.1) is 24.2 Å². The highest BCUT2D eigenvalue weighted by Gasteiger charge is 2.19. The fraction of sp³-hybridized carbons (Fsp3) is 0.562. The molecule has 2 heterocycles. The molecule has 2 aromatic rings. The smallest absolute Gasteiger partial charge is 0.111 e. The number of alkyl halides is 1. The Bertz CT molecular complexity index is 592. The predicted octanol–water partition coefficient (Wildman–Crippen LogP) is 2.71. The molecule has 0 amide bonds. The van der Waals surface area contributed by atoms with E-state index in [-0.39, 0.29) is 0 Å². The molecule has 1 aromatic heterocycles. The Balaban J connectivity index is 1.87. The molecule has 0 bridgehead atoms. The van der Waals surface area contributed by atoms with E-state index in [1.807, 2.05) is 6.07 Å². The van der Waals surface area contributed by atoms with Crippen LogP contribution in [0.15, 0.2) is 24.3 Å². The first-order valence-corrected chi connectivity index (χ1v) is 8.15. The van der Waals surface area contributed by atoms with Crippen molar-refractivity contribution in [3.8, 4) is 0 Å². The number of rotatable bonds is 5. The Morgan fingerprint density at radius 1 is 1.29 bits per heavy atom. The van der Waals surface area contributed by atoms with Gasteiger partial charge in [-0.25, -0.2) is 4.98 Å². The molecule has 5 heteroatoms. The third-order valence-corrected chi connectivity index (χ3v) is 4.24. The summed E-state index contributed by atoms with van der Waals surface area (Å²) in [6.45, 7) is 7.00. The van der Waals surface area contributed by atoms with E-state index in [0.29, 0.717) is 11.9 Å². The molecule has 0 saturated carbocycles. The number of para-hydroxylation sites is 2. The summed E-state index contributed by atoms with van der Waals surface area (Å²) in [5, 5.41) is 0. The number of hydrogen-bond acceptors (Lipinski definition) is 3. The Morgan fingerprint density at radius 2 is 2.05 bits per heavy atom. The third-order valence-electron chi connectivity index (χ3n) is 4.05. The zero-order valence-electron chi connectivity index (χ0n) is 12.5. The average Bonchev–Trinajstić information content (AvgIpc) is 2.86. The number of ether oxygens (including phenoxy) is 1. The largest absolute Gasteiger partial charge is 0.379 e. The van der Waals surface area contributed by atoms with Crippen LogP contribution in [-0.4, -0.2) is 53.2 Å².